The van der Waals surface area contributed by atoms with Gasteiger partial charge in [-0.1, -0.05) is 78.4 Å². The first-order valence-electron chi connectivity index (χ1n) is 11.9. The Kier molecular flexibility index (Phi) is 6.47. The van der Waals surface area contributed by atoms with Gasteiger partial charge in [0.2, 0.25) is 0 Å². The summed E-state index contributed by atoms with van der Waals surface area (Å²) in [6.07, 6.45) is 1.98. The van der Waals surface area contributed by atoms with Crippen molar-refractivity contribution in [3.63, 3.8) is 0 Å². The van der Waals surface area contributed by atoms with Crippen LogP contribution in [-0.4, -0.2) is 23.2 Å². The third kappa shape index (κ3) is 4.62. The number of nitriles is 1. The highest BCUT2D eigenvalue weighted by molar-refractivity contribution is 6.06. The van der Waals surface area contributed by atoms with Gasteiger partial charge in [0.1, 0.15) is 17.5 Å². The first kappa shape index (κ1) is 22.6. The van der Waals surface area contributed by atoms with Gasteiger partial charge in [-0.2, -0.15) is 5.26 Å². The van der Waals surface area contributed by atoms with Crippen molar-refractivity contribution < 1.29 is 9.53 Å². The van der Waals surface area contributed by atoms with E-state index in [0.29, 0.717) is 23.5 Å². The molecule has 1 unspecified atom stereocenters. The third-order valence-corrected chi connectivity index (χ3v) is 6.41. The van der Waals surface area contributed by atoms with Crippen molar-refractivity contribution >= 4 is 11.7 Å². The van der Waals surface area contributed by atoms with Gasteiger partial charge in [0.15, 0.2) is 0 Å². The quantitative estimate of drug-likeness (QED) is 0.360. The van der Waals surface area contributed by atoms with E-state index < -0.39 is 0 Å². The van der Waals surface area contributed by atoms with E-state index in [1.54, 1.807) is 6.07 Å². The van der Waals surface area contributed by atoms with E-state index in [1.165, 1.54) is 0 Å². The van der Waals surface area contributed by atoms with Crippen molar-refractivity contribution in [1.29, 1.82) is 5.26 Å². The highest BCUT2D eigenvalue weighted by atomic mass is 16.5. The van der Waals surface area contributed by atoms with Crippen molar-refractivity contribution in [3.05, 3.63) is 102 Å². The molecule has 5 nitrogen and oxygen atoms in total. The van der Waals surface area contributed by atoms with Gasteiger partial charge < -0.3 is 14.6 Å². The molecule has 1 aromatic heterocycles. The number of hydrogen-bond acceptors (Lipinski definition) is 3. The standard InChI is InChI=1S/C30H27N3O2/c1-21-10-8-15-24(18-21)30(34)32-29-26(19-31)27(22-11-4-2-5-12-22)28(23-13-6-3-7-14-23)33(29)20-25-16-9-17-35-25/h2-8,10-15,18,25H,9,16-17,20H2,1H3,(H,32,34). The van der Waals surface area contributed by atoms with Crippen molar-refractivity contribution in [2.24, 2.45) is 0 Å². The van der Waals surface area contributed by atoms with Crippen LogP contribution in [0, 0.1) is 18.3 Å². The molecule has 35 heavy (non-hydrogen) atoms. The van der Waals surface area contributed by atoms with Crippen LogP contribution >= 0.6 is 0 Å². The average molecular weight is 462 g/mol. The average Bonchev–Trinajstić information content (AvgIpc) is 3.51. The molecule has 0 spiro atoms. The number of benzene rings is 3. The van der Waals surface area contributed by atoms with Gasteiger partial charge in [0, 0.05) is 17.7 Å². The molecule has 1 aliphatic rings. The second-order valence-corrected chi connectivity index (χ2v) is 8.86. The number of carbonyl (C=O) groups excluding carboxylic acids is 1. The van der Waals surface area contributed by atoms with Crippen LogP contribution in [-0.2, 0) is 11.3 Å². The lowest BCUT2D eigenvalue weighted by atomic mass is 9.98. The summed E-state index contributed by atoms with van der Waals surface area (Å²) in [7, 11) is 0. The van der Waals surface area contributed by atoms with Crippen LogP contribution in [0.25, 0.3) is 22.4 Å². The van der Waals surface area contributed by atoms with E-state index in [1.807, 2.05) is 85.8 Å². The largest absolute Gasteiger partial charge is 0.376 e. The first-order valence-corrected chi connectivity index (χ1v) is 11.9. The maximum Gasteiger partial charge on any atom is 0.256 e. The Balaban J connectivity index is 1.73. The predicted octanol–water partition coefficient (Wildman–Crippen LogP) is 6.43. The summed E-state index contributed by atoms with van der Waals surface area (Å²) in [5, 5.41) is 13.5. The number of hydrogen-bond donors (Lipinski definition) is 1. The smallest absolute Gasteiger partial charge is 0.256 e. The van der Waals surface area contributed by atoms with Gasteiger partial charge in [-0.05, 0) is 43.0 Å². The molecule has 5 heteroatoms. The summed E-state index contributed by atoms with van der Waals surface area (Å²) < 4.78 is 8.05. The summed E-state index contributed by atoms with van der Waals surface area (Å²) in [5.74, 6) is 0.266. The summed E-state index contributed by atoms with van der Waals surface area (Å²) >= 11 is 0. The molecule has 1 amide bonds. The second kappa shape index (κ2) is 10.0. The highest BCUT2D eigenvalue weighted by Gasteiger charge is 2.29. The normalized spacial score (nSPS) is 15.0. The zero-order valence-corrected chi connectivity index (χ0v) is 19.7. The number of nitrogens with one attached hydrogen (secondary N) is 1. The molecule has 0 aliphatic carbocycles. The van der Waals surface area contributed by atoms with Gasteiger partial charge in [0.25, 0.3) is 5.91 Å². The number of ether oxygens (including phenoxy) is 1. The topological polar surface area (TPSA) is 67.0 Å². The first-order chi connectivity index (χ1) is 17.2. The summed E-state index contributed by atoms with van der Waals surface area (Å²) in [6, 6.07) is 29.8. The van der Waals surface area contributed by atoms with E-state index in [0.717, 1.165) is 47.4 Å². The molecule has 1 aliphatic heterocycles. The van der Waals surface area contributed by atoms with Crippen LogP contribution < -0.4 is 5.32 Å². The summed E-state index contributed by atoms with van der Waals surface area (Å²) in [6.45, 7) is 3.24. The van der Waals surface area contributed by atoms with Gasteiger partial charge >= 0.3 is 0 Å². The molecule has 5 rings (SSSR count). The Bertz CT molecular complexity index is 1380. The van der Waals surface area contributed by atoms with Gasteiger partial charge in [-0.25, -0.2) is 0 Å². The van der Waals surface area contributed by atoms with E-state index in [-0.39, 0.29) is 12.0 Å². The number of anilines is 1. The van der Waals surface area contributed by atoms with Gasteiger partial charge in [-0.15, -0.1) is 0 Å². The second-order valence-electron chi connectivity index (χ2n) is 8.86. The molecule has 1 N–H and O–H groups in total. The minimum atomic E-state index is -0.240. The van der Waals surface area contributed by atoms with Crippen LogP contribution in [0.5, 0.6) is 0 Å². The molecule has 0 bridgehead atoms. The fraction of sp³-hybridized carbons (Fsp3) is 0.200. The molecular weight excluding hydrogens is 434 g/mol. The minimum Gasteiger partial charge on any atom is -0.376 e. The lowest BCUT2D eigenvalue weighted by molar-refractivity contribution is 0.0969. The number of amides is 1. The maximum absolute atomic E-state index is 13.4. The van der Waals surface area contributed by atoms with Gasteiger partial charge in [-0.3, -0.25) is 4.79 Å². The van der Waals surface area contributed by atoms with E-state index in [4.69, 9.17) is 4.74 Å². The van der Waals surface area contributed by atoms with Crippen LogP contribution in [0.15, 0.2) is 84.9 Å². The van der Waals surface area contributed by atoms with Crippen LogP contribution in [0.3, 0.4) is 0 Å². The third-order valence-electron chi connectivity index (χ3n) is 6.41. The Morgan fingerprint density at radius 1 is 1.03 bits per heavy atom. The number of aryl methyl sites for hydroxylation is 1. The van der Waals surface area contributed by atoms with Crippen LogP contribution in [0.2, 0.25) is 0 Å². The van der Waals surface area contributed by atoms with Crippen molar-refractivity contribution in [1.82, 2.24) is 4.57 Å². The zero-order valence-electron chi connectivity index (χ0n) is 19.7. The number of rotatable bonds is 6. The molecule has 0 saturated carbocycles. The van der Waals surface area contributed by atoms with Crippen LogP contribution in [0.4, 0.5) is 5.82 Å². The molecular formula is C30H27N3O2. The van der Waals surface area contributed by atoms with E-state index in [9.17, 15) is 10.1 Å². The number of carbonyl (C=O) groups is 1. The fourth-order valence-corrected chi connectivity index (χ4v) is 4.78. The van der Waals surface area contributed by atoms with E-state index in [2.05, 4.69) is 16.0 Å². The summed E-state index contributed by atoms with van der Waals surface area (Å²) in [5.41, 5.74) is 5.65. The molecule has 174 valence electrons. The molecule has 1 atom stereocenters. The van der Waals surface area contributed by atoms with Gasteiger partial charge in [0.05, 0.1) is 18.3 Å². The molecule has 1 saturated heterocycles. The number of aromatic nitrogens is 1. The lowest BCUT2D eigenvalue weighted by Gasteiger charge is -2.18. The van der Waals surface area contributed by atoms with Crippen molar-refractivity contribution in [3.8, 4) is 28.5 Å². The fourth-order valence-electron chi connectivity index (χ4n) is 4.78. The van der Waals surface area contributed by atoms with Crippen LogP contribution in [0.1, 0.15) is 34.3 Å². The molecule has 1 fully saturated rings. The molecule has 3 aromatic carbocycles. The molecule has 2 heterocycles. The maximum atomic E-state index is 13.4. The summed E-state index contributed by atoms with van der Waals surface area (Å²) in [4.78, 5) is 13.4. The minimum absolute atomic E-state index is 0.0228. The monoisotopic (exact) mass is 461 g/mol. The highest BCUT2D eigenvalue weighted by Crippen LogP contribution is 2.42. The van der Waals surface area contributed by atoms with Crippen molar-refractivity contribution in [2.75, 3.05) is 11.9 Å². The van der Waals surface area contributed by atoms with E-state index >= 15 is 0 Å². The Hall–Kier alpha value is -4.14. The zero-order chi connectivity index (χ0) is 24.2. The van der Waals surface area contributed by atoms with Crippen molar-refractivity contribution in [2.45, 2.75) is 32.4 Å². The predicted molar refractivity (Wildman–Crippen MR) is 138 cm³/mol. The lowest BCUT2D eigenvalue weighted by Crippen LogP contribution is -2.21. The Labute approximate surface area is 205 Å². The number of nitrogens with zero attached hydrogens (tertiary/aromatic N) is 2. The SMILES string of the molecule is Cc1cccc(C(=O)Nc2c(C#N)c(-c3ccccc3)c(-c3ccccc3)n2CC2CCCO2)c1. The molecule has 4 aromatic rings. The molecule has 0 radical (unpaired) electrons. The Morgan fingerprint density at radius 2 is 1.74 bits per heavy atom. The Morgan fingerprint density at radius 3 is 2.37 bits per heavy atom.